The van der Waals surface area contributed by atoms with Crippen LogP contribution in [0.1, 0.15) is 18.9 Å². The molecule has 1 aliphatic heterocycles. The van der Waals surface area contributed by atoms with E-state index in [0.717, 1.165) is 11.3 Å². The highest BCUT2D eigenvalue weighted by molar-refractivity contribution is 5.98. The molecule has 6 nitrogen and oxygen atoms in total. The summed E-state index contributed by atoms with van der Waals surface area (Å²) in [6, 6.07) is 9.80. The first kappa shape index (κ1) is 13.4. The zero-order valence-corrected chi connectivity index (χ0v) is 12.0. The minimum atomic E-state index is -0.666. The van der Waals surface area contributed by atoms with Gasteiger partial charge in [0.25, 0.3) is 0 Å². The lowest BCUT2D eigenvalue weighted by Crippen LogP contribution is -2.47. The van der Waals surface area contributed by atoms with E-state index < -0.39 is 5.54 Å². The average molecular weight is 283 g/mol. The standard InChI is InChI=1S/C15H17N5O/c1-15(8-13(21)19(2)14(16)18-15)11-9-17-20(10-11)12-6-4-3-5-7-12/h3-7,9-10H,8H2,1-2H3,(H2,16,18)/t15-/m0/s1. The van der Waals surface area contributed by atoms with Crippen LogP contribution in [0.2, 0.25) is 0 Å². The van der Waals surface area contributed by atoms with Gasteiger partial charge in [-0.2, -0.15) is 5.10 Å². The molecule has 1 aromatic carbocycles. The first-order valence-electron chi connectivity index (χ1n) is 6.72. The summed E-state index contributed by atoms with van der Waals surface area (Å²) in [7, 11) is 1.63. The number of carbonyl (C=O) groups is 1. The molecule has 3 rings (SSSR count). The molecule has 2 N–H and O–H groups in total. The Labute approximate surface area is 122 Å². The van der Waals surface area contributed by atoms with Gasteiger partial charge in [0.15, 0.2) is 5.96 Å². The van der Waals surface area contributed by atoms with Gasteiger partial charge >= 0.3 is 0 Å². The summed E-state index contributed by atoms with van der Waals surface area (Å²) in [4.78, 5) is 17.9. The molecule has 2 aromatic rings. The van der Waals surface area contributed by atoms with E-state index in [1.807, 2.05) is 43.5 Å². The zero-order valence-electron chi connectivity index (χ0n) is 12.0. The number of nitrogens with zero attached hydrogens (tertiary/aromatic N) is 4. The van der Waals surface area contributed by atoms with Gasteiger partial charge in [-0.1, -0.05) is 18.2 Å². The second kappa shape index (κ2) is 4.73. The van der Waals surface area contributed by atoms with Gasteiger partial charge in [-0.15, -0.1) is 0 Å². The van der Waals surface area contributed by atoms with Crippen LogP contribution in [0.15, 0.2) is 47.7 Å². The monoisotopic (exact) mass is 283 g/mol. The first-order valence-corrected chi connectivity index (χ1v) is 6.72. The second-order valence-electron chi connectivity index (χ2n) is 5.38. The Morgan fingerprint density at radius 3 is 2.67 bits per heavy atom. The molecule has 0 spiro atoms. The van der Waals surface area contributed by atoms with Crippen LogP contribution in [0.3, 0.4) is 0 Å². The lowest BCUT2D eigenvalue weighted by Gasteiger charge is -2.32. The van der Waals surface area contributed by atoms with Crippen molar-refractivity contribution >= 4 is 11.9 Å². The second-order valence-corrected chi connectivity index (χ2v) is 5.38. The Hall–Kier alpha value is -2.63. The molecule has 0 saturated heterocycles. The number of guanidine groups is 1. The Balaban J connectivity index is 1.98. The number of hydrogen-bond acceptors (Lipinski definition) is 4. The number of benzene rings is 1. The minimum absolute atomic E-state index is 0.0440. The number of rotatable bonds is 2. The van der Waals surface area contributed by atoms with Crippen molar-refractivity contribution in [3.05, 3.63) is 48.3 Å². The smallest absolute Gasteiger partial charge is 0.231 e. The lowest BCUT2D eigenvalue weighted by molar-refractivity contribution is -0.128. The van der Waals surface area contributed by atoms with Crippen LogP contribution in [-0.2, 0) is 10.3 Å². The molecule has 0 saturated carbocycles. The van der Waals surface area contributed by atoms with Crippen molar-refractivity contribution in [3.8, 4) is 5.69 Å². The highest BCUT2D eigenvalue weighted by Crippen LogP contribution is 2.32. The van der Waals surface area contributed by atoms with E-state index in [1.54, 1.807) is 17.9 Å². The fraction of sp³-hybridized carbons (Fsp3) is 0.267. The summed E-state index contributed by atoms with van der Waals surface area (Å²) in [6.07, 6.45) is 3.91. The molecule has 6 heteroatoms. The molecule has 0 aliphatic carbocycles. The van der Waals surface area contributed by atoms with E-state index in [0.29, 0.717) is 0 Å². The minimum Gasteiger partial charge on any atom is -0.369 e. The quantitative estimate of drug-likeness (QED) is 0.901. The third-order valence-electron chi connectivity index (χ3n) is 3.80. The predicted octanol–water partition coefficient (Wildman–Crippen LogP) is 1.26. The van der Waals surface area contributed by atoms with Gasteiger partial charge in [0.2, 0.25) is 5.91 Å². The van der Waals surface area contributed by atoms with Crippen molar-refractivity contribution in [1.82, 2.24) is 14.7 Å². The molecule has 2 heterocycles. The molecule has 1 atom stereocenters. The van der Waals surface area contributed by atoms with Gasteiger partial charge in [0.05, 0.1) is 23.8 Å². The van der Waals surface area contributed by atoms with Crippen LogP contribution in [-0.4, -0.2) is 33.6 Å². The van der Waals surface area contributed by atoms with Crippen LogP contribution in [0.4, 0.5) is 0 Å². The molecule has 0 unspecified atom stereocenters. The molecule has 0 bridgehead atoms. The van der Waals surface area contributed by atoms with Gasteiger partial charge in [-0.05, 0) is 19.1 Å². The number of aromatic nitrogens is 2. The molecule has 21 heavy (non-hydrogen) atoms. The van der Waals surface area contributed by atoms with Gasteiger partial charge in [0, 0.05) is 18.8 Å². The van der Waals surface area contributed by atoms with Crippen molar-refractivity contribution in [2.24, 2.45) is 10.7 Å². The van der Waals surface area contributed by atoms with E-state index in [1.165, 1.54) is 4.90 Å². The number of hydrogen-bond donors (Lipinski definition) is 1. The SMILES string of the molecule is CN1C(=O)C[C@@](C)(c2cnn(-c3ccccc3)c2)N=C1N. The van der Waals surface area contributed by atoms with Crippen molar-refractivity contribution in [2.45, 2.75) is 18.9 Å². The van der Waals surface area contributed by atoms with E-state index in [-0.39, 0.29) is 18.3 Å². The Morgan fingerprint density at radius 1 is 1.29 bits per heavy atom. The summed E-state index contributed by atoms with van der Waals surface area (Å²) in [5.41, 5.74) is 6.99. The fourth-order valence-corrected chi connectivity index (χ4v) is 2.40. The largest absolute Gasteiger partial charge is 0.369 e. The lowest BCUT2D eigenvalue weighted by atomic mass is 9.90. The Bertz CT molecular complexity index is 706. The van der Waals surface area contributed by atoms with E-state index >= 15 is 0 Å². The maximum absolute atomic E-state index is 12.0. The van der Waals surface area contributed by atoms with Gasteiger partial charge in [-0.25, -0.2) is 9.67 Å². The number of para-hydroxylation sites is 1. The number of amides is 1. The maximum atomic E-state index is 12.0. The summed E-state index contributed by atoms with van der Waals surface area (Å²) in [5, 5.41) is 4.36. The fourth-order valence-electron chi connectivity index (χ4n) is 2.40. The van der Waals surface area contributed by atoms with Crippen LogP contribution in [0, 0.1) is 0 Å². The van der Waals surface area contributed by atoms with Gasteiger partial charge in [0.1, 0.15) is 0 Å². The highest BCUT2D eigenvalue weighted by Gasteiger charge is 2.37. The predicted molar refractivity (Wildman–Crippen MR) is 79.9 cm³/mol. The van der Waals surface area contributed by atoms with Crippen LogP contribution in [0.5, 0.6) is 0 Å². The number of carbonyl (C=O) groups excluding carboxylic acids is 1. The van der Waals surface area contributed by atoms with Crippen LogP contribution in [0.25, 0.3) is 5.69 Å². The number of nitrogens with two attached hydrogens (primary N) is 1. The van der Waals surface area contributed by atoms with Gasteiger partial charge < -0.3 is 5.73 Å². The molecule has 1 amide bonds. The molecule has 0 radical (unpaired) electrons. The normalized spacial score (nSPS) is 22.3. The maximum Gasteiger partial charge on any atom is 0.231 e. The Morgan fingerprint density at radius 2 is 2.00 bits per heavy atom. The summed E-state index contributed by atoms with van der Waals surface area (Å²) >= 11 is 0. The van der Waals surface area contributed by atoms with Crippen molar-refractivity contribution in [1.29, 1.82) is 0 Å². The van der Waals surface area contributed by atoms with Crippen molar-refractivity contribution in [3.63, 3.8) is 0 Å². The first-order chi connectivity index (χ1) is 9.99. The molecule has 1 aliphatic rings. The van der Waals surface area contributed by atoms with Crippen molar-refractivity contribution < 1.29 is 4.79 Å². The van der Waals surface area contributed by atoms with Gasteiger partial charge in [-0.3, -0.25) is 9.69 Å². The zero-order chi connectivity index (χ0) is 15.0. The van der Waals surface area contributed by atoms with E-state index in [4.69, 9.17) is 5.73 Å². The summed E-state index contributed by atoms with van der Waals surface area (Å²) in [5.74, 6) is 0.193. The summed E-state index contributed by atoms with van der Waals surface area (Å²) < 4.78 is 1.77. The topological polar surface area (TPSA) is 76.5 Å². The van der Waals surface area contributed by atoms with E-state index in [9.17, 15) is 4.79 Å². The third kappa shape index (κ3) is 2.29. The highest BCUT2D eigenvalue weighted by atomic mass is 16.2. The Kier molecular flexibility index (Phi) is 3.01. The molecule has 108 valence electrons. The third-order valence-corrected chi connectivity index (χ3v) is 3.80. The molecular formula is C15H17N5O. The van der Waals surface area contributed by atoms with Crippen LogP contribution >= 0.6 is 0 Å². The average Bonchev–Trinajstić information content (AvgIpc) is 2.96. The molecule has 1 aromatic heterocycles. The van der Waals surface area contributed by atoms with Crippen LogP contribution < -0.4 is 5.73 Å². The molecule has 0 fully saturated rings. The number of aliphatic imine (C=N–C) groups is 1. The van der Waals surface area contributed by atoms with E-state index in [2.05, 4.69) is 10.1 Å². The molecular weight excluding hydrogens is 266 g/mol. The van der Waals surface area contributed by atoms with Crippen molar-refractivity contribution in [2.75, 3.05) is 7.05 Å². The summed E-state index contributed by atoms with van der Waals surface area (Å²) in [6.45, 7) is 1.90.